The van der Waals surface area contributed by atoms with Crippen molar-refractivity contribution in [1.29, 1.82) is 0 Å². The summed E-state index contributed by atoms with van der Waals surface area (Å²) < 4.78 is 0. The molecule has 1 aliphatic rings. The van der Waals surface area contributed by atoms with Crippen LogP contribution in [0.2, 0.25) is 10.0 Å². The Bertz CT molecular complexity index is 405. The second-order valence-electron chi connectivity index (χ2n) is 5.10. The number of benzene rings is 1. The second kappa shape index (κ2) is 5.17. The van der Waals surface area contributed by atoms with Gasteiger partial charge in [-0.2, -0.15) is 0 Å². The first-order chi connectivity index (χ1) is 8.10. The number of likely N-dealkylation sites (N-methyl/N-ethyl adjacent to an activating group) is 1. The molecule has 1 aromatic carbocycles. The van der Waals surface area contributed by atoms with Crippen LogP contribution in [0.25, 0.3) is 0 Å². The first-order valence-electron chi connectivity index (χ1n) is 6.20. The summed E-state index contributed by atoms with van der Waals surface area (Å²) in [5.41, 5.74) is 1.43. The van der Waals surface area contributed by atoms with Gasteiger partial charge in [-0.1, -0.05) is 42.6 Å². The van der Waals surface area contributed by atoms with Crippen LogP contribution in [0.4, 0.5) is 0 Å². The lowest BCUT2D eigenvalue weighted by atomic mass is 9.73. The molecule has 0 radical (unpaired) electrons. The highest BCUT2D eigenvalue weighted by Gasteiger charge is 2.42. The Kier molecular flexibility index (Phi) is 4.02. The predicted octanol–water partition coefficient (Wildman–Crippen LogP) is 4.27. The molecule has 3 heteroatoms. The van der Waals surface area contributed by atoms with Gasteiger partial charge in [0.25, 0.3) is 0 Å². The average molecular weight is 272 g/mol. The smallest absolute Gasteiger partial charge is 0.0459 e. The van der Waals surface area contributed by atoms with Crippen LogP contribution in [0.5, 0.6) is 0 Å². The number of nitrogens with one attached hydrogen (secondary N) is 1. The molecule has 0 aromatic heterocycles. The van der Waals surface area contributed by atoms with Crippen molar-refractivity contribution in [1.82, 2.24) is 5.32 Å². The first-order valence-corrected chi connectivity index (χ1v) is 6.96. The summed E-state index contributed by atoms with van der Waals surface area (Å²) in [6, 6.07) is 5.91. The Morgan fingerprint density at radius 3 is 2.71 bits per heavy atom. The van der Waals surface area contributed by atoms with Crippen LogP contribution in [0.3, 0.4) is 0 Å². The summed E-state index contributed by atoms with van der Waals surface area (Å²) in [7, 11) is 2.01. The van der Waals surface area contributed by atoms with E-state index in [4.69, 9.17) is 23.2 Å². The minimum atomic E-state index is 0.177. The first kappa shape index (κ1) is 13.2. The molecule has 1 fully saturated rings. The van der Waals surface area contributed by atoms with Gasteiger partial charge in [-0.3, -0.25) is 0 Å². The topological polar surface area (TPSA) is 12.0 Å². The fraction of sp³-hybridized carbons (Fsp3) is 0.571. The Hall–Kier alpha value is -0.240. The third kappa shape index (κ3) is 2.33. The lowest BCUT2D eigenvalue weighted by Crippen LogP contribution is -2.39. The van der Waals surface area contributed by atoms with Crippen molar-refractivity contribution in [3.63, 3.8) is 0 Å². The summed E-state index contributed by atoms with van der Waals surface area (Å²) in [5, 5.41) is 4.85. The van der Waals surface area contributed by atoms with E-state index < -0.39 is 0 Å². The van der Waals surface area contributed by atoms with E-state index >= 15 is 0 Å². The molecule has 1 aromatic rings. The molecule has 0 heterocycles. The highest BCUT2D eigenvalue weighted by atomic mass is 35.5. The number of hydrogen-bond acceptors (Lipinski definition) is 1. The van der Waals surface area contributed by atoms with E-state index in [2.05, 4.69) is 18.3 Å². The maximum atomic E-state index is 6.39. The van der Waals surface area contributed by atoms with E-state index in [0.717, 1.165) is 11.6 Å². The van der Waals surface area contributed by atoms with Crippen LogP contribution in [0.15, 0.2) is 18.2 Å². The molecule has 0 saturated heterocycles. The zero-order valence-electron chi connectivity index (χ0n) is 10.4. The van der Waals surface area contributed by atoms with Crippen molar-refractivity contribution in [3.05, 3.63) is 33.8 Å². The van der Waals surface area contributed by atoms with Gasteiger partial charge in [0.05, 0.1) is 0 Å². The summed E-state index contributed by atoms with van der Waals surface area (Å²) in [4.78, 5) is 0. The Labute approximate surface area is 114 Å². The van der Waals surface area contributed by atoms with Gasteiger partial charge < -0.3 is 5.32 Å². The molecule has 2 rings (SSSR count). The Morgan fingerprint density at radius 1 is 1.41 bits per heavy atom. The molecule has 1 nitrogen and oxygen atoms in total. The van der Waals surface area contributed by atoms with Crippen molar-refractivity contribution < 1.29 is 0 Å². The fourth-order valence-electron chi connectivity index (χ4n) is 3.21. The molecule has 94 valence electrons. The molecule has 1 saturated carbocycles. The van der Waals surface area contributed by atoms with Crippen molar-refractivity contribution >= 4 is 23.2 Å². The largest absolute Gasteiger partial charge is 0.319 e. The Morgan fingerprint density at radius 2 is 2.18 bits per heavy atom. The number of hydrogen-bond donors (Lipinski definition) is 1. The molecule has 2 atom stereocenters. The van der Waals surface area contributed by atoms with Gasteiger partial charge in [0.1, 0.15) is 0 Å². The van der Waals surface area contributed by atoms with Gasteiger partial charge in [0.2, 0.25) is 0 Å². The SMILES string of the molecule is CNCC1(c2ccc(Cl)cc2Cl)CCCC1C. The van der Waals surface area contributed by atoms with E-state index in [9.17, 15) is 0 Å². The van der Waals surface area contributed by atoms with Crippen LogP contribution in [0.1, 0.15) is 31.7 Å². The molecule has 0 bridgehead atoms. The van der Waals surface area contributed by atoms with Gasteiger partial charge in [-0.15, -0.1) is 0 Å². The van der Waals surface area contributed by atoms with Crippen molar-refractivity contribution in [2.24, 2.45) is 5.92 Å². The van der Waals surface area contributed by atoms with Crippen molar-refractivity contribution in [3.8, 4) is 0 Å². The molecule has 0 spiro atoms. The molecule has 0 aliphatic heterocycles. The van der Waals surface area contributed by atoms with Crippen molar-refractivity contribution in [2.45, 2.75) is 31.6 Å². The lowest BCUT2D eigenvalue weighted by molar-refractivity contribution is 0.326. The third-order valence-corrected chi connectivity index (χ3v) is 4.71. The van der Waals surface area contributed by atoms with Gasteiger partial charge >= 0.3 is 0 Å². The highest BCUT2D eigenvalue weighted by molar-refractivity contribution is 6.35. The minimum absolute atomic E-state index is 0.177. The quantitative estimate of drug-likeness (QED) is 0.866. The number of rotatable bonds is 3. The second-order valence-corrected chi connectivity index (χ2v) is 5.95. The fourth-order valence-corrected chi connectivity index (χ4v) is 3.81. The minimum Gasteiger partial charge on any atom is -0.319 e. The van der Waals surface area contributed by atoms with Gasteiger partial charge in [-0.05, 0) is 43.5 Å². The van der Waals surface area contributed by atoms with E-state index in [1.54, 1.807) is 0 Å². The molecule has 0 amide bonds. The van der Waals surface area contributed by atoms with Crippen LogP contribution < -0.4 is 5.32 Å². The lowest BCUT2D eigenvalue weighted by Gasteiger charge is -2.35. The maximum Gasteiger partial charge on any atom is 0.0459 e. The van der Waals surface area contributed by atoms with Crippen molar-refractivity contribution in [2.75, 3.05) is 13.6 Å². The van der Waals surface area contributed by atoms with Crippen LogP contribution in [-0.4, -0.2) is 13.6 Å². The summed E-state index contributed by atoms with van der Waals surface area (Å²) in [5.74, 6) is 0.661. The van der Waals surface area contributed by atoms with Crippen LogP contribution in [-0.2, 0) is 5.41 Å². The van der Waals surface area contributed by atoms with E-state index in [1.807, 2.05) is 19.2 Å². The molecule has 17 heavy (non-hydrogen) atoms. The maximum absolute atomic E-state index is 6.39. The molecule has 1 aliphatic carbocycles. The number of halogens is 2. The third-order valence-electron chi connectivity index (χ3n) is 4.16. The predicted molar refractivity (Wildman–Crippen MR) is 75.1 cm³/mol. The molecule has 2 unspecified atom stereocenters. The van der Waals surface area contributed by atoms with Crippen LogP contribution in [0, 0.1) is 5.92 Å². The highest BCUT2D eigenvalue weighted by Crippen LogP contribution is 2.47. The van der Waals surface area contributed by atoms with E-state index in [0.29, 0.717) is 10.9 Å². The van der Waals surface area contributed by atoms with Gasteiger partial charge in [0, 0.05) is 22.0 Å². The van der Waals surface area contributed by atoms with Crippen LogP contribution >= 0.6 is 23.2 Å². The molecular weight excluding hydrogens is 253 g/mol. The average Bonchev–Trinajstić information content (AvgIpc) is 2.61. The molecular formula is C14H19Cl2N. The summed E-state index contributed by atoms with van der Waals surface area (Å²) in [6.45, 7) is 3.31. The normalized spacial score (nSPS) is 28.6. The van der Waals surface area contributed by atoms with E-state index in [-0.39, 0.29) is 5.41 Å². The van der Waals surface area contributed by atoms with Gasteiger partial charge in [0.15, 0.2) is 0 Å². The zero-order valence-corrected chi connectivity index (χ0v) is 11.9. The standard InChI is InChI=1S/C14H19Cl2N/c1-10-4-3-7-14(10,9-17-2)12-6-5-11(15)8-13(12)16/h5-6,8,10,17H,3-4,7,9H2,1-2H3. The van der Waals surface area contributed by atoms with Gasteiger partial charge in [-0.25, -0.2) is 0 Å². The molecule has 1 N–H and O–H groups in total. The Balaban J connectivity index is 2.45. The zero-order chi connectivity index (χ0) is 12.5. The monoisotopic (exact) mass is 271 g/mol. The summed E-state index contributed by atoms with van der Waals surface area (Å²) >= 11 is 12.4. The van der Waals surface area contributed by atoms with E-state index in [1.165, 1.54) is 24.8 Å². The summed E-state index contributed by atoms with van der Waals surface area (Å²) in [6.07, 6.45) is 3.76.